The van der Waals surface area contributed by atoms with E-state index in [0.29, 0.717) is 6.04 Å². The molecule has 108 valence electrons. The Kier molecular flexibility index (Phi) is 5.09. The van der Waals surface area contributed by atoms with Gasteiger partial charge in [0, 0.05) is 11.7 Å². The van der Waals surface area contributed by atoms with Crippen LogP contribution in [0.4, 0.5) is 5.69 Å². The fraction of sp³-hybridized carbons (Fsp3) is 0.533. The predicted octanol–water partition coefficient (Wildman–Crippen LogP) is 3.35. The molecule has 0 fully saturated rings. The van der Waals surface area contributed by atoms with Crippen LogP contribution >= 0.6 is 0 Å². The molecular weight excluding hydrogens is 250 g/mol. The van der Waals surface area contributed by atoms with Crippen molar-refractivity contribution in [2.75, 3.05) is 5.32 Å². The van der Waals surface area contributed by atoms with E-state index >= 15 is 0 Å². The van der Waals surface area contributed by atoms with Crippen LogP contribution in [0.1, 0.15) is 45.1 Å². The number of aryl methyl sites for hydroxylation is 1. The second-order valence-electron chi connectivity index (χ2n) is 5.29. The molecule has 0 bridgehead atoms. The zero-order chi connectivity index (χ0) is 14.4. The lowest BCUT2D eigenvalue weighted by Crippen LogP contribution is -2.16. The second-order valence-corrected chi connectivity index (χ2v) is 5.29. The van der Waals surface area contributed by atoms with Gasteiger partial charge in [-0.25, -0.2) is 4.68 Å². The van der Waals surface area contributed by atoms with E-state index in [4.69, 9.17) is 0 Å². The number of hydrogen-bond acceptors (Lipinski definition) is 4. The summed E-state index contributed by atoms with van der Waals surface area (Å²) in [6.45, 7) is 6.58. The molecule has 1 aromatic carbocycles. The Morgan fingerprint density at radius 3 is 2.85 bits per heavy atom. The fourth-order valence-corrected chi connectivity index (χ4v) is 2.23. The summed E-state index contributed by atoms with van der Waals surface area (Å²) in [5.74, 6) is 0. The van der Waals surface area contributed by atoms with Gasteiger partial charge in [0.1, 0.15) is 6.33 Å². The van der Waals surface area contributed by atoms with Gasteiger partial charge in [0.05, 0.1) is 5.69 Å². The van der Waals surface area contributed by atoms with Gasteiger partial charge in [-0.1, -0.05) is 32.3 Å². The van der Waals surface area contributed by atoms with Crippen molar-refractivity contribution in [2.45, 2.75) is 52.5 Å². The summed E-state index contributed by atoms with van der Waals surface area (Å²) in [4.78, 5) is 0. The van der Waals surface area contributed by atoms with Crippen molar-refractivity contribution in [3.8, 4) is 5.69 Å². The van der Waals surface area contributed by atoms with Gasteiger partial charge in [-0.3, -0.25) is 0 Å². The Morgan fingerprint density at radius 2 is 2.15 bits per heavy atom. The standard InChI is InChI=1S/C15H23N5/c1-4-5-6-7-13(3)17-15-10-14(9-8-12(15)2)20-11-16-18-19-20/h8-11,13,17H,4-7H2,1-3H3. The number of tetrazole rings is 1. The van der Waals surface area contributed by atoms with Gasteiger partial charge in [0.15, 0.2) is 0 Å². The maximum atomic E-state index is 3.92. The topological polar surface area (TPSA) is 55.6 Å². The van der Waals surface area contributed by atoms with Crippen molar-refractivity contribution >= 4 is 5.69 Å². The first kappa shape index (κ1) is 14.5. The van der Waals surface area contributed by atoms with E-state index in [1.165, 1.54) is 31.2 Å². The van der Waals surface area contributed by atoms with Crippen LogP contribution in [0.3, 0.4) is 0 Å². The van der Waals surface area contributed by atoms with E-state index in [0.717, 1.165) is 11.4 Å². The summed E-state index contributed by atoms with van der Waals surface area (Å²) in [5, 5.41) is 14.9. The van der Waals surface area contributed by atoms with Crippen LogP contribution in [-0.2, 0) is 0 Å². The van der Waals surface area contributed by atoms with Crippen molar-refractivity contribution in [1.82, 2.24) is 20.2 Å². The third-order valence-electron chi connectivity index (χ3n) is 3.48. The molecule has 0 saturated carbocycles. The van der Waals surface area contributed by atoms with Crippen molar-refractivity contribution in [3.63, 3.8) is 0 Å². The highest BCUT2D eigenvalue weighted by Crippen LogP contribution is 2.20. The molecule has 1 aromatic heterocycles. The summed E-state index contributed by atoms with van der Waals surface area (Å²) in [6.07, 6.45) is 6.65. The van der Waals surface area contributed by atoms with Crippen LogP contribution in [0.5, 0.6) is 0 Å². The zero-order valence-corrected chi connectivity index (χ0v) is 12.5. The Bertz CT molecular complexity index is 521. The summed E-state index contributed by atoms with van der Waals surface area (Å²) in [5.41, 5.74) is 3.37. The van der Waals surface area contributed by atoms with Gasteiger partial charge in [0.2, 0.25) is 0 Å². The van der Waals surface area contributed by atoms with E-state index in [9.17, 15) is 0 Å². The van der Waals surface area contributed by atoms with E-state index in [1.54, 1.807) is 11.0 Å². The molecule has 0 aliphatic rings. The Hall–Kier alpha value is -1.91. The Balaban J connectivity index is 2.05. The Labute approximate surface area is 120 Å². The maximum absolute atomic E-state index is 3.92. The van der Waals surface area contributed by atoms with Crippen LogP contribution in [0.2, 0.25) is 0 Å². The number of nitrogens with one attached hydrogen (secondary N) is 1. The van der Waals surface area contributed by atoms with Crippen molar-refractivity contribution in [3.05, 3.63) is 30.1 Å². The van der Waals surface area contributed by atoms with Gasteiger partial charge < -0.3 is 5.32 Å². The highest BCUT2D eigenvalue weighted by molar-refractivity contribution is 5.56. The highest BCUT2D eigenvalue weighted by atomic mass is 15.5. The molecule has 1 unspecified atom stereocenters. The third-order valence-corrected chi connectivity index (χ3v) is 3.48. The van der Waals surface area contributed by atoms with E-state index in [2.05, 4.69) is 53.7 Å². The molecule has 0 spiro atoms. The highest BCUT2D eigenvalue weighted by Gasteiger charge is 2.06. The van der Waals surface area contributed by atoms with Gasteiger partial charge in [-0.05, 0) is 48.4 Å². The van der Waals surface area contributed by atoms with E-state index in [-0.39, 0.29) is 0 Å². The summed E-state index contributed by atoms with van der Waals surface area (Å²) < 4.78 is 1.67. The molecule has 20 heavy (non-hydrogen) atoms. The molecule has 1 heterocycles. The van der Waals surface area contributed by atoms with E-state index in [1.807, 2.05) is 6.07 Å². The number of anilines is 1. The smallest absolute Gasteiger partial charge is 0.143 e. The Morgan fingerprint density at radius 1 is 1.30 bits per heavy atom. The number of benzene rings is 1. The lowest BCUT2D eigenvalue weighted by Gasteiger charge is -2.17. The van der Waals surface area contributed by atoms with Crippen LogP contribution in [0, 0.1) is 6.92 Å². The molecule has 1 atom stereocenters. The number of unbranched alkanes of at least 4 members (excludes halogenated alkanes) is 2. The molecule has 0 radical (unpaired) electrons. The molecule has 0 aliphatic carbocycles. The van der Waals surface area contributed by atoms with Gasteiger partial charge in [-0.2, -0.15) is 0 Å². The lowest BCUT2D eigenvalue weighted by molar-refractivity contribution is 0.615. The number of nitrogens with zero attached hydrogens (tertiary/aromatic N) is 4. The first-order valence-electron chi connectivity index (χ1n) is 7.31. The minimum atomic E-state index is 0.476. The molecular formula is C15H23N5. The number of hydrogen-bond donors (Lipinski definition) is 1. The molecule has 2 aromatic rings. The third kappa shape index (κ3) is 3.79. The SMILES string of the molecule is CCCCCC(C)Nc1cc(-n2cnnn2)ccc1C. The summed E-state index contributed by atoms with van der Waals surface area (Å²) in [7, 11) is 0. The van der Waals surface area contributed by atoms with Crippen LogP contribution in [0.25, 0.3) is 5.69 Å². The molecule has 1 N–H and O–H groups in total. The first-order chi connectivity index (χ1) is 9.70. The minimum Gasteiger partial charge on any atom is -0.382 e. The van der Waals surface area contributed by atoms with Crippen molar-refractivity contribution in [2.24, 2.45) is 0 Å². The summed E-state index contributed by atoms with van der Waals surface area (Å²) in [6, 6.07) is 6.70. The lowest BCUT2D eigenvalue weighted by atomic mass is 10.1. The van der Waals surface area contributed by atoms with Gasteiger partial charge >= 0.3 is 0 Å². The first-order valence-corrected chi connectivity index (χ1v) is 7.31. The summed E-state index contributed by atoms with van der Waals surface area (Å²) >= 11 is 0. The molecule has 0 aliphatic heterocycles. The maximum Gasteiger partial charge on any atom is 0.143 e. The minimum absolute atomic E-state index is 0.476. The molecule has 5 nitrogen and oxygen atoms in total. The van der Waals surface area contributed by atoms with Gasteiger partial charge in [-0.15, -0.1) is 5.10 Å². The zero-order valence-electron chi connectivity index (χ0n) is 12.5. The van der Waals surface area contributed by atoms with Crippen LogP contribution < -0.4 is 5.32 Å². The monoisotopic (exact) mass is 273 g/mol. The second kappa shape index (κ2) is 7.03. The normalized spacial score (nSPS) is 12.3. The average molecular weight is 273 g/mol. The average Bonchev–Trinajstić information content (AvgIpc) is 2.95. The molecule has 0 amide bonds. The molecule has 0 saturated heterocycles. The van der Waals surface area contributed by atoms with Crippen LogP contribution in [0.15, 0.2) is 24.5 Å². The van der Waals surface area contributed by atoms with Crippen molar-refractivity contribution < 1.29 is 0 Å². The van der Waals surface area contributed by atoms with Gasteiger partial charge in [0.25, 0.3) is 0 Å². The van der Waals surface area contributed by atoms with Crippen molar-refractivity contribution in [1.29, 1.82) is 0 Å². The number of aromatic nitrogens is 4. The fourth-order valence-electron chi connectivity index (χ4n) is 2.23. The molecule has 2 rings (SSSR count). The largest absolute Gasteiger partial charge is 0.382 e. The predicted molar refractivity (Wildman–Crippen MR) is 81.1 cm³/mol. The quantitative estimate of drug-likeness (QED) is 0.786. The van der Waals surface area contributed by atoms with Crippen LogP contribution in [-0.4, -0.2) is 26.2 Å². The van der Waals surface area contributed by atoms with E-state index < -0.39 is 0 Å². The molecule has 5 heteroatoms. The number of rotatable bonds is 7.